The molecule has 1 amide bonds. The highest BCUT2D eigenvalue weighted by atomic mass is 35.5. The molecule has 2 aromatic carbocycles. The highest BCUT2D eigenvalue weighted by molar-refractivity contribution is 6.31. The Hall–Kier alpha value is -2.52. The highest BCUT2D eigenvalue weighted by Gasteiger charge is 2.25. The van der Waals surface area contributed by atoms with Gasteiger partial charge in [-0.2, -0.15) is 0 Å². The zero-order valence-corrected chi connectivity index (χ0v) is 18.7. The monoisotopic (exact) mass is 422 g/mol. The van der Waals surface area contributed by atoms with E-state index in [9.17, 15) is 4.79 Å². The molecule has 4 heteroatoms. The van der Waals surface area contributed by atoms with Crippen LogP contribution in [0, 0.1) is 0 Å². The minimum absolute atomic E-state index is 0.102. The zero-order chi connectivity index (χ0) is 21.3. The smallest absolute Gasteiger partial charge is 0.230 e. The van der Waals surface area contributed by atoms with Crippen molar-refractivity contribution in [3.8, 4) is 0 Å². The molecule has 0 saturated carbocycles. The Balaban J connectivity index is 1.81. The van der Waals surface area contributed by atoms with Gasteiger partial charge >= 0.3 is 0 Å². The van der Waals surface area contributed by atoms with E-state index in [0.29, 0.717) is 13.1 Å². The number of unbranched alkanes of at least 4 members (excludes halogenated alkanes) is 1. The lowest BCUT2D eigenvalue weighted by Gasteiger charge is -2.28. The Morgan fingerprint density at radius 1 is 1.00 bits per heavy atom. The van der Waals surface area contributed by atoms with Gasteiger partial charge in [-0.25, -0.2) is 0 Å². The molecule has 0 spiro atoms. The maximum atomic E-state index is 13.5. The summed E-state index contributed by atoms with van der Waals surface area (Å²) in [5.74, 6) is 0.109. The molecule has 0 radical (unpaired) electrons. The number of benzene rings is 2. The lowest BCUT2D eigenvalue weighted by atomic mass is 9.95. The van der Waals surface area contributed by atoms with E-state index in [2.05, 4.69) is 48.9 Å². The van der Waals surface area contributed by atoms with E-state index >= 15 is 0 Å². The van der Waals surface area contributed by atoms with Crippen molar-refractivity contribution in [3.63, 3.8) is 0 Å². The number of rotatable bonds is 10. The van der Waals surface area contributed by atoms with Crippen LogP contribution in [-0.2, 0) is 17.9 Å². The quantitative estimate of drug-likeness (QED) is 0.365. The van der Waals surface area contributed by atoms with Crippen LogP contribution in [0.15, 0.2) is 72.9 Å². The number of amides is 1. The summed E-state index contributed by atoms with van der Waals surface area (Å²) in [6.07, 6.45) is 4.93. The molecule has 0 bridgehead atoms. The number of halogens is 1. The molecule has 3 aromatic rings. The van der Waals surface area contributed by atoms with E-state index < -0.39 is 0 Å². The second kappa shape index (κ2) is 11.0. The second-order valence-electron chi connectivity index (χ2n) is 7.70. The standard InChI is InChI=1S/C26H31ClN2O/c1-3-5-17-29(26(30)24(4-2)21-12-7-6-8-13-21)20-23-15-11-18-28(23)19-22-14-9-10-16-25(22)27/h6-16,18,24H,3-5,17,19-20H2,1-2H3/t24-/m0/s1. The van der Waals surface area contributed by atoms with E-state index in [1.165, 1.54) is 0 Å². The SMILES string of the molecule is CCCCN(Cc1cccn1Cc1ccccc1Cl)C(=O)[C@@H](CC)c1ccccc1. The fraction of sp³-hybridized carbons (Fsp3) is 0.346. The maximum Gasteiger partial charge on any atom is 0.230 e. The molecule has 1 atom stereocenters. The molecule has 3 nitrogen and oxygen atoms in total. The van der Waals surface area contributed by atoms with Gasteiger partial charge in [-0.1, -0.05) is 80.4 Å². The van der Waals surface area contributed by atoms with Crippen LogP contribution in [0.4, 0.5) is 0 Å². The average Bonchev–Trinajstić information content (AvgIpc) is 3.20. The van der Waals surface area contributed by atoms with Gasteiger partial charge in [0.1, 0.15) is 0 Å². The van der Waals surface area contributed by atoms with Crippen molar-refractivity contribution in [2.45, 2.75) is 52.1 Å². The number of nitrogens with zero attached hydrogens (tertiary/aromatic N) is 2. The lowest BCUT2D eigenvalue weighted by molar-refractivity contribution is -0.133. The van der Waals surface area contributed by atoms with Crippen LogP contribution < -0.4 is 0 Å². The van der Waals surface area contributed by atoms with Crippen LogP contribution in [0.3, 0.4) is 0 Å². The Kier molecular flexibility index (Phi) is 8.15. The average molecular weight is 423 g/mol. The van der Waals surface area contributed by atoms with Gasteiger partial charge in [0, 0.05) is 30.0 Å². The van der Waals surface area contributed by atoms with Gasteiger partial charge < -0.3 is 9.47 Å². The molecule has 1 aromatic heterocycles. The third-order valence-corrected chi connectivity index (χ3v) is 5.95. The molecule has 0 saturated heterocycles. The lowest BCUT2D eigenvalue weighted by Crippen LogP contribution is -2.36. The van der Waals surface area contributed by atoms with Crippen LogP contribution in [0.5, 0.6) is 0 Å². The molecule has 158 valence electrons. The zero-order valence-electron chi connectivity index (χ0n) is 17.9. The molecule has 0 aliphatic rings. The Morgan fingerprint density at radius 2 is 1.73 bits per heavy atom. The van der Waals surface area contributed by atoms with Crippen LogP contribution in [-0.4, -0.2) is 21.9 Å². The number of hydrogen-bond acceptors (Lipinski definition) is 1. The summed E-state index contributed by atoms with van der Waals surface area (Å²) in [5.41, 5.74) is 3.30. The first-order chi connectivity index (χ1) is 14.6. The predicted molar refractivity (Wildman–Crippen MR) is 125 cm³/mol. The van der Waals surface area contributed by atoms with Crippen molar-refractivity contribution in [1.82, 2.24) is 9.47 Å². The van der Waals surface area contributed by atoms with Crippen molar-refractivity contribution in [1.29, 1.82) is 0 Å². The number of carbonyl (C=O) groups is 1. The molecule has 0 aliphatic carbocycles. The third-order valence-electron chi connectivity index (χ3n) is 5.58. The van der Waals surface area contributed by atoms with Crippen LogP contribution in [0.1, 0.15) is 55.8 Å². The molecule has 0 unspecified atom stereocenters. The van der Waals surface area contributed by atoms with Gasteiger partial charge in [-0.3, -0.25) is 4.79 Å². The summed E-state index contributed by atoms with van der Waals surface area (Å²) in [6.45, 7) is 6.34. The van der Waals surface area contributed by atoms with Crippen LogP contribution in [0.25, 0.3) is 0 Å². The first-order valence-corrected chi connectivity index (χ1v) is 11.2. The van der Waals surface area contributed by atoms with Crippen LogP contribution >= 0.6 is 11.6 Å². The summed E-state index contributed by atoms with van der Waals surface area (Å²) < 4.78 is 2.19. The Labute approximate surface area is 185 Å². The minimum Gasteiger partial charge on any atom is -0.345 e. The molecule has 0 aliphatic heterocycles. The molecule has 0 fully saturated rings. The van der Waals surface area contributed by atoms with Crippen molar-refractivity contribution in [3.05, 3.63) is 94.8 Å². The first-order valence-electron chi connectivity index (χ1n) is 10.8. The van der Waals surface area contributed by atoms with Gasteiger partial charge in [0.25, 0.3) is 0 Å². The first kappa shape index (κ1) is 22.2. The molecular formula is C26H31ClN2O. The van der Waals surface area contributed by atoms with Crippen molar-refractivity contribution in [2.75, 3.05) is 6.54 Å². The van der Waals surface area contributed by atoms with E-state index in [1.54, 1.807) is 0 Å². The molecule has 1 heterocycles. The summed E-state index contributed by atoms with van der Waals surface area (Å²) in [4.78, 5) is 15.6. The number of hydrogen-bond donors (Lipinski definition) is 0. The minimum atomic E-state index is -0.102. The van der Waals surface area contributed by atoms with E-state index in [4.69, 9.17) is 11.6 Å². The molecule has 3 rings (SSSR count). The predicted octanol–water partition coefficient (Wildman–Crippen LogP) is 6.51. The van der Waals surface area contributed by atoms with Crippen molar-refractivity contribution >= 4 is 17.5 Å². The normalized spacial score (nSPS) is 12.0. The van der Waals surface area contributed by atoms with Gasteiger partial charge in [-0.15, -0.1) is 0 Å². The van der Waals surface area contributed by atoms with E-state index in [0.717, 1.165) is 47.7 Å². The Morgan fingerprint density at radius 3 is 2.43 bits per heavy atom. The second-order valence-corrected chi connectivity index (χ2v) is 8.11. The summed E-state index contributed by atoms with van der Waals surface area (Å²) in [7, 11) is 0. The Bertz CT molecular complexity index is 935. The van der Waals surface area contributed by atoms with Gasteiger partial charge in [-0.05, 0) is 42.2 Å². The molecule has 30 heavy (non-hydrogen) atoms. The van der Waals surface area contributed by atoms with Gasteiger partial charge in [0.05, 0.1) is 12.5 Å². The summed E-state index contributed by atoms with van der Waals surface area (Å²) >= 11 is 6.37. The number of aromatic nitrogens is 1. The van der Waals surface area contributed by atoms with E-state index in [-0.39, 0.29) is 11.8 Å². The van der Waals surface area contributed by atoms with Crippen molar-refractivity contribution < 1.29 is 4.79 Å². The summed E-state index contributed by atoms with van der Waals surface area (Å²) in [5, 5.41) is 0.770. The summed E-state index contributed by atoms with van der Waals surface area (Å²) in [6, 6.07) is 22.2. The fourth-order valence-electron chi connectivity index (χ4n) is 3.83. The maximum absolute atomic E-state index is 13.5. The van der Waals surface area contributed by atoms with E-state index in [1.807, 2.05) is 47.4 Å². The fourth-order valence-corrected chi connectivity index (χ4v) is 4.02. The highest BCUT2D eigenvalue weighted by Crippen LogP contribution is 2.24. The third kappa shape index (κ3) is 5.54. The largest absolute Gasteiger partial charge is 0.345 e. The van der Waals surface area contributed by atoms with Gasteiger partial charge in [0.15, 0.2) is 0 Å². The number of carbonyl (C=O) groups excluding carboxylic acids is 1. The van der Waals surface area contributed by atoms with Gasteiger partial charge in [0.2, 0.25) is 5.91 Å². The molecule has 0 N–H and O–H groups in total. The van der Waals surface area contributed by atoms with Crippen molar-refractivity contribution in [2.24, 2.45) is 0 Å². The van der Waals surface area contributed by atoms with Crippen LogP contribution in [0.2, 0.25) is 5.02 Å². The topological polar surface area (TPSA) is 25.2 Å². The molecular weight excluding hydrogens is 392 g/mol.